The SMILES string of the molecule is c1ccc2cc(NCc3ccc(C4CC4)cc3)ccc2c1. The molecule has 0 amide bonds. The molecule has 21 heavy (non-hydrogen) atoms. The van der Waals surface area contributed by atoms with Crippen LogP contribution in [0.5, 0.6) is 0 Å². The summed E-state index contributed by atoms with van der Waals surface area (Å²) in [7, 11) is 0. The molecule has 0 radical (unpaired) electrons. The van der Waals surface area contributed by atoms with Crippen molar-refractivity contribution >= 4 is 16.5 Å². The molecule has 4 rings (SSSR count). The Morgan fingerprint density at radius 2 is 1.57 bits per heavy atom. The van der Waals surface area contributed by atoms with Gasteiger partial charge in [0.2, 0.25) is 0 Å². The first-order valence-electron chi connectivity index (χ1n) is 7.70. The molecule has 104 valence electrons. The van der Waals surface area contributed by atoms with Crippen molar-refractivity contribution in [3.8, 4) is 0 Å². The maximum absolute atomic E-state index is 3.52. The van der Waals surface area contributed by atoms with E-state index in [-0.39, 0.29) is 0 Å². The Labute approximate surface area is 125 Å². The van der Waals surface area contributed by atoms with Crippen molar-refractivity contribution < 1.29 is 0 Å². The van der Waals surface area contributed by atoms with E-state index in [4.69, 9.17) is 0 Å². The van der Waals surface area contributed by atoms with Crippen LogP contribution >= 0.6 is 0 Å². The Bertz CT molecular complexity index is 754. The zero-order valence-corrected chi connectivity index (χ0v) is 12.0. The highest BCUT2D eigenvalue weighted by molar-refractivity contribution is 5.85. The molecule has 0 unspecified atom stereocenters. The van der Waals surface area contributed by atoms with E-state index in [1.54, 1.807) is 0 Å². The lowest BCUT2D eigenvalue weighted by atomic mass is 10.1. The van der Waals surface area contributed by atoms with Crippen molar-refractivity contribution in [1.29, 1.82) is 0 Å². The molecule has 0 spiro atoms. The summed E-state index contributed by atoms with van der Waals surface area (Å²) in [4.78, 5) is 0. The van der Waals surface area contributed by atoms with Crippen LogP contribution in [0.25, 0.3) is 10.8 Å². The Morgan fingerprint density at radius 3 is 2.33 bits per heavy atom. The molecule has 0 heterocycles. The molecule has 1 fully saturated rings. The van der Waals surface area contributed by atoms with Gasteiger partial charge in [-0.25, -0.2) is 0 Å². The van der Waals surface area contributed by atoms with Gasteiger partial charge >= 0.3 is 0 Å². The lowest BCUT2D eigenvalue weighted by Gasteiger charge is -2.08. The Kier molecular flexibility index (Phi) is 3.11. The van der Waals surface area contributed by atoms with Gasteiger partial charge in [0.15, 0.2) is 0 Å². The number of nitrogens with one attached hydrogen (secondary N) is 1. The molecule has 0 aliphatic heterocycles. The van der Waals surface area contributed by atoms with Crippen LogP contribution in [0.15, 0.2) is 66.7 Å². The van der Waals surface area contributed by atoms with Crippen LogP contribution in [0.1, 0.15) is 29.9 Å². The lowest BCUT2D eigenvalue weighted by Crippen LogP contribution is -1.99. The number of hydrogen-bond donors (Lipinski definition) is 1. The zero-order valence-electron chi connectivity index (χ0n) is 12.0. The van der Waals surface area contributed by atoms with Crippen LogP contribution in [-0.4, -0.2) is 0 Å². The molecule has 0 aromatic heterocycles. The molecular weight excluding hydrogens is 254 g/mol. The molecule has 1 saturated carbocycles. The van der Waals surface area contributed by atoms with E-state index in [0.717, 1.165) is 12.5 Å². The second-order valence-electron chi connectivity index (χ2n) is 5.93. The standard InChI is InChI=1S/C20H19N/c1-2-4-19-13-20(12-11-16(19)3-1)21-14-15-5-7-17(8-6-15)18-9-10-18/h1-8,11-13,18,21H,9-10,14H2. The van der Waals surface area contributed by atoms with Gasteiger partial charge in [-0.2, -0.15) is 0 Å². The Balaban J connectivity index is 1.46. The van der Waals surface area contributed by atoms with Crippen LogP contribution in [0, 0.1) is 0 Å². The molecule has 0 atom stereocenters. The smallest absolute Gasteiger partial charge is 0.0400 e. The molecule has 3 aromatic rings. The van der Waals surface area contributed by atoms with Gasteiger partial charge in [0.05, 0.1) is 0 Å². The zero-order chi connectivity index (χ0) is 14.1. The maximum Gasteiger partial charge on any atom is 0.0400 e. The molecule has 1 heteroatoms. The fraction of sp³-hybridized carbons (Fsp3) is 0.200. The van der Waals surface area contributed by atoms with Gasteiger partial charge in [-0.1, -0.05) is 54.6 Å². The molecule has 1 aliphatic carbocycles. The Hall–Kier alpha value is -2.28. The third-order valence-corrected chi connectivity index (χ3v) is 4.27. The predicted octanol–water partition coefficient (Wildman–Crippen LogP) is 5.33. The van der Waals surface area contributed by atoms with Gasteiger partial charge in [0, 0.05) is 12.2 Å². The number of fused-ring (bicyclic) bond motifs is 1. The van der Waals surface area contributed by atoms with Gasteiger partial charge in [-0.3, -0.25) is 0 Å². The highest BCUT2D eigenvalue weighted by Gasteiger charge is 2.22. The molecule has 0 bridgehead atoms. The Morgan fingerprint density at radius 1 is 0.810 bits per heavy atom. The molecular formula is C20H19N. The second kappa shape index (κ2) is 5.25. The van der Waals surface area contributed by atoms with E-state index in [1.165, 1.54) is 40.4 Å². The largest absolute Gasteiger partial charge is 0.381 e. The molecule has 1 aliphatic rings. The van der Waals surface area contributed by atoms with Gasteiger partial charge in [-0.15, -0.1) is 0 Å². The van der Waals surface area contributed by atoms with E-state index in [2.05, 4.69) is 72.0 Å². The molecule has 3 aromatic carbocycles. The average Bonchev–Trinajstić information content (AvgIpc) is 3.38. The molecule has 0 saturated heterocycles. The fourth-order valence-corrected chi connectivity index (χ4v) is 2.83. The quantitative estimate of drug-likeness (QED) is 0.677. The first-order chi connectivity index (χ1) is 10.4. The maximum atomic E-state index is 3.52. The van der Waals surface area contributed by atoms with Gasteiger partial charge in [0.25, 0.3) is 0 Å². The fourth-order valence-electron chi connectivity index (χ4n) is 2.83. The van der Waals surface area contributed by atoms with Crippen molar-refractivity contribution in [2.24, 2.45) is 0 Å². The number of rotatable bonds is 4. The summed E-state index contributed by atoms with van der Waals surface area (Å²) in [6.45, 7) is 0.878. The van der Waals surface area contributed by atoms with Crippen LogP contribution in [0.2, 0.25) is 0 Å². The van der Waals surface area contributed by atoms with Gasteiger partial charge in [-0.05, 0) is 52.8 Å². The van der Waals surface area contributed by atoms with E-state index in [0.29, 0.717) is 0 Å². The van der Waals surface area contributed by atoms with Crippen molar-refractivity contribution in [1.82, 2.24) is 0 Å². The average molecular weight is 273 g/mol. The molecule has 1 N–H and O–H groups in total. The minimum atomic E-state index is 0.840. The second-order valence-corrected chi connectivity index (χ2v) is 5.93. The van der Waals surface area contributed by atoms with Crippen molar-refractivity contribution in [3.05, 3.63) is 77.9 Å². The summed E-state index contributed by atoms with van der Waals surface area (Å²) >= 11 is 0. The highest BCUT2D eigenvalue weighted by atomic mass is 14.9. The minimum absolute atomic E-state index is 0.840. The van der Waals surface area contributed by atoms with Gasteiger partial charge < -0.3 is 5.32 Å². The van der Waals surface area contributed by atoms with E-state index in [1.807, 2.05) is 0 Å². The van der Waals surface area contributed by atoms with Crippen LogP contribution < -0.4 is 5.32 Å². The molecule has 1 nitrogen and oxygen atoms in total. The highest BCUT2D eigenvalue weighted by Crippen LogP contribution is 2.39. The number of anilines is 1. The van der Waals surface area contributed by atoms with Crippen LogP contribution in [0.4, 0.5) is 5.69 Å². The summed E-state index contributed by atoms with van der Waals surface area (Å²) in [6, 6.07) is 24.1. The third-order valence-electron chi connectivity index (χ3n) is 4.27. The minimum Gasteiger partial charge on any atom is -0.381 e. The lowest BCUT2D eigenvalue weighted by molar-refractivity contribution is 1.10. The van der Waals surface area contributed by atoms with Crippen molar-refractivity contribution in [2.75, 3.05) is 5.32 Å². The first kappa shape index (κ1) is 12.5. The number of hydrogen-bond acceptors (Lipinski definition) is 1. The summed E-state index contributed by atoms with van der Waals surface area (Å²) in [6.07, 6.45) is 2.74. The van der Waals surface area contributed by atoms with Crippen molar-refractivity contribution in [3.63, 3.8) is 0 Å². The van der Waals surface area contributed by atoms with Gasteiger partial charge in [0.1, 0.15) is 0 Å². The summed E-state index contributed by atoms with van der Waals surface area (Å²) < 4.78 is 0. The first-order valence-corrected chi connectivity index (χ1v) is 7.70. The topological polar surface area (TPSA) is 12.0 Å². The van der Waals surface area contributed by atoms with Crippen LogP contribution in [-0.2, 0) is 6.54 Å². The van der Waals surface area contributed by atoms with E-state index >= 15 is 0 Å². The van der Waals surface area contributed by atoms with Crippen LogP contribution in [0.3, 0.4) is 0 Å². The summed E-state index contributed by atoms with van der Waals surface area (Å²) in [5.74, 6) is 0.840. The third kappa shape index (κ3) is 2.78. The number of benzene rings is 3. The normalized spacial score (nSPS) is 14.3. The van der Waals surface area contributed by atoms with Crippen molar-refractivity contribution in [2.45, 2.75) is 25.3 Å². The monoisotopic (exact) mass is 273 g/mol. The predicted molar refractivity (Wildman–Crippen MR) is 89.7 cm³/mol. The van der Waals surface area contributed by atoms with E-state index < -0.39 is 0 Å². The van der Waals surface area contributed by atoms with E-state index in [9.17, 15) is 0 Å². The summed E-state index contributed by atoms with van der Waals surface area (Å²) in [5, 5.41) is 6.09. The summed E-state index contributed by atoms with van der Waals surface area (Å²) in [5.41, 5.74) is 4.02.